The molecule has 2 aromatic rings. The van der Waals surface area contributed by atoms with Gasteiger partial charge in [0.05, 0.1) is 15.6 Å². The van der Waals surface area contributed by atoms with Gasteiger partial charge in [-0.25, -0.2) is 4.39 Å². The largest absolute Gasteiger partial charge is 0.419 e. The molecule has 19 heavy (non-hydrogen) atoms. The van der Waals surface area contributed by atoms with Gasteiger partial charge in [-0.2, -0.15) is 13.2 Å². The Balaban J connectivity index is 2.54. The SMILES string of the molecule is Fc1ccc(-c2ccc(Cl)c(Cl)c2)cc1C(F)(F)F. The van der Waals surface area contributed by atoms with Crippen LogP contribution in [-0.4, -0.2) is 0 Å². The monoisotopic (exact) mass is 308 g/mol. The molecule has 0 nitrogen and oxygen atoms in total. The van der Waals surface area contributed by atoms with Crippen molar-refractivity contribution in [2.45, 2.75) is 6.18 Å². The molecule has 0 spiro atoms. The number of halogens is 6. The van der Waals surface area contributed by atoms with Crippen LogP contribution in [0.2, 0.25) is 10.0 Å². The van der Waals surface area contributed by atoms with Gasteiger partial charge in [-0.1, -0.05) is 35.3 Å². The third-order valence-corrected chi connectivity index (χ3v) is 3.26. The zero-order chi connectivity index (χ0) is 14.2. The predicted octanol–water partition coefficient (Wildman–Crippen LogP) is 5.82. The Labute approximate surface area is 116 Å². The van der Waals surface area contributed by atoms with Crippen molar-refractivity contribution in [3.63, 3.8) is 0 Å². The van der Waals surface area contributed by atoms with Gasteiger partial charge in [0, 0.05) is 0 Å². The first-order valence-corrected chi connectivity index (χ1v) is 5.87. The van der Waals surface area contributed by atoms with Crippen LogP contribution in [0.4, 0.5) is 17.6 Å². The molecule has 0 radical (unpaired) electrons. The predicted molar refractivity (Wildman–Crippen MR) is 66.9 cm³/mol. The quantitative estimate of drug-likeness (QED) is 0.582. The number of benzene rings is 2. The molecule has 0 unspecified atom stereocenters. The Kier molecular flexibility index (Phi) is 3.74. The van der Waals surface area contributed by atoms with Crippen molar-refractivity contribution in [1.29, 1.82) is 0 Å². The average molecular weight is 309 g/mol. The highest BCUT2D eigenvalue weighted by molar-refractivity contribution is 6.42. The summed E-state index contributed by atoms with van der Waals surface area (Å²) in [6, 6.07) is 7.19. The summed E-state index contributed by atoms with van der Waals surface area (Å²) >= 11 is 11.5. The van der Waals surface area contributed by atoms with Gasteiger partial charge in [-0.3, -0.25) is 0 Å². The topological polar surface area (TPSA) is 0 Å². The van der Waals surface area contributed by atoms with E-state index in [1.807, 2.05) is 0 Å². The number of alkyl halides is 3. The van der Waals surface area contributed by atoms with Gasteiger partial charge < -0.3 is 0 Å². The van der Waals surface area contributed by atoms with Gasteiger partial charge in [0.1, 0.15) is 5.82 Å². The molecule has 0 aliphatic heterocycles. The van der Waals surface area contributed by atoms with Crippen molar-refractivity contribution >= 4 is 23.2 Å². The van der Waals surface area contributed by atoms with E-state index in [1.165, 1.54) is 24.3 Å². The Morgan fingerprint density at radius 2 is 1.37 bits per heavy atom. The molecule has 0 atom stereocenters. The minimum Gasteiger partial charge on any atom is -0.206 e. The number of hydrogen-bond acceptors (Lipinski definition) is 0. The first kappa shape index (κ1) is 14.2. The molecule has 0 aliphatic rings. The fourth-order valence-corrected chi connectivity index (χ4v) is 1.90. The maximum Gasteiger partial charge on any atom is 0.419 e. The van der Waals surface area contributed by atoms with E-state index in [1.54, 1.807) is 0 Å². The highest BCUT2D eigenvalue weighted by Crippen LogP contribution is 2.35. The average Bonchev–Trinajstić information content (AvgIpc) is 2.32. The van der Waals surface area contributed by atoms with Crippen LogP contribution in [0.25, 0.3) is 11.1 Å². The summed E-state index contributed by atoms with van der Waals surface area (Å²) < 4.78 is 51.0. The standard InChI is InChI=1S/C13H6Cl2F4/c14-10-3-1-8(6-11(10)15)7-2-4-12(16)9(5-7)13(17,18)19/h1-6H. The lowest BCUT2D eigenvalue weighted by Crippen LogP contribution is -2.08. The highest BCUT2D eigenvalue weighted by Gasteiger charge is 2.34. The van der Waals surface area contributed by atoms with Gasteiger partial charge >= 0.3 is 6.18 Å². The van der Waals surface area contributed by atoms with E-state index in [4.69, 9.17) is 23.2 Å². The normalized spacial score (nSPS) is 11.7. The second kappa shape index (κ2) is 5.02. The summed E-state index contributed by atoms with van der Waals surface area (Å²) in [5.41, 5.74) is -0.664. The zero-order valence-electron chi connectivity index (χ0n) is 9.23. The Morgan fingerprint density at radius 3 is 1.95 bits per heavy atom. The molecule has 0 aromatic heterocycles. The van der Waals surface area contributed by atoms with Crippen molar-refractivity contribution in [1.82, 2.24) is 0 Å². The van der Waals surface area contributed by atoms with Crippen LogP contribution in [0.5, 0.6) is 0 Å². The third kappa shape index (κ3) is 3.01. The molecule has 0 heterocycles. The van der Waals surface area contributed by atoms with Crippen LogP contribution in [0, 0.1) is 5.82 Å². The van der Waals surface area contributed by atoms with Crippen LogP contribution in [0.15, 0.2) is 36.4 Å². The van der Waals surface area contributed by atoms with Gasteiger partial charge in [-0.05, 0) is 35.4 Å². The molecule has 0 aliphatic carbocycles. The lowest BCUT2D eigenvalue weighted by molar-refractivity contribution is -0.139. The molecular weight excluding hydrogens is 303 g/mol. The zero-order valence-corrected chi connectivity index (χ0v) is 10.7. The molecule has 0 bridgehead atoms. The Morgan fingerprint density at radius 1 is 0.789 bits per heavy atom. The van der Waals surface area contributed by atoms with Crippen LogP contribution in [-0.2, 0) is 6.18 Å². The lowest BCUT2D eigenvalue weighted by Gasteiger charge is -2.10. The molecule has 2 aromatic carbocycles. The molecule has 0 N–H and O–H groups in total. The second-order valence-corrected chi connectivity index (χ2v) is 4.64. The molecule has 0 fully saturated rings. The first-order valence-electron chi connectivity index (χ1n) is 5.11. The molecule has 0 amide bonds. The van der Waals surface area contributed by atoms with Gasteiger partial charge in [-0.15, -0.1) is 0 Å². The summed E-state index contributed by atoms with van der Waals surface area (Å²) in [4.78, 5) is 0. The Hall–Kier alpha value is -1.26. The van der Waals surface area contributed by atoms with E-state index in [0.717, 1.165) is 12.1 Å². The summed E-state index contributed by atoms with van der Waals surface area (Å²) in [5.74, 6) is -1.31. The summed E-state index contributed by atoms with van der Waals surface area (Å²) in [5, 5.41) is 0.514. The Bertz CT molecular complexity index is 621. The fraction of sp³-hybridized carbons (Fsp3) is 0.0769. The van der Waals surface area contributed by atoms with Crippen molar-refractivity contribution in [3.8, 4) is 11.1 Å². The van der Waals surface area contributed by atoms with E-state index in [-0.39, 0.29) is 10.6 Å². The van der Waals surface area contributed by atoms with Crippen LogP contribution in [0.3, 0.4) is 0 Å². The van der Waals surface area contributed by atoms with Crippen molar-refractivity contribution in [3.05, 3.63) is 57.8 Å². The van der Waals surface area contributed by atoms with Crippen LogP contribution < -0.4 is 0 Å². The molecule has 6 heteroatoms. The molecular formula is C13H6Cl2F4. The third-order valence-electron chi connectivity index (χ3n) is 2.52. The first-order chi connectivity index (χ1) is 8.79. The molecule has 100 valence electrons. The van der Waals surface area contributed by atoms with Gasteiger partial charge in [0.15, 0.2) is 0 Å². The molecule has 0 saturated carbocycles. The molecule has 0 saturated heterocycles. The van der Waals surface area contributed by atoms with E-state index in [0.29, 0.717) is 10.6 Å². The maximum atomic E-state index is 13.2. The van der Waals surface area contributed by atoms with Crippen LogP contribution >= 0.6 is 23.2 Å². The highest BCUT2D eigenvalue weighted by atomic mass is 35.5. The van der Waals surface area contributed by atoms with Gasteiger partial charge in [0.2, 0.25) is 0 Å². The minimum atomic E-state index is -4.74. The maximum absolute atomic E-state index is 13.2. The van der Waals surface area contributed by atoms with Gasteiger partial charge in [0.25, 0.3) is 0 Å². The van der Waals surface area contributed by atoms with Crippen molar-refractivity contribution in [2.24, 2.45) is 0 Å². The van der Waals surface area contributed by atoms with E-state index < -0.39 is 17.6 Å². The van der Waals surface area contributed by atoms with E-state index in [9.17, 15) is 17.6 Å². The number of rotatable bonds is 1. The second-order valence-electron chi connectivity index (χ2n) is 3.82. The van der Waals surface area contributed by atoms with Crippen molar-refractivity contribution < 1.29 is 17.6 Å². The van der Waals surface area contributed by atoms with Crippen LogP contribution in [0.1, 0.15) is 5.56 Å². The molecule has 2 rings (SSSR count). The summed E-state index contributed by atoms with van der Waals surface area (Å²) in [7, 11) is 0. The smallest absolute Gasteiger partial charge is 0.206 e. The summed E-state index contributed by atoms with van der Waals surface area (Å²) in [6.45, 7) is 0. The lowest BCUT2D eigenvalue weighted by atomic mass is 10.0. The minimum absolute atomic E-state index is 0.215. The summed E-state index contributed by atoms with van der Waals surface area (Å²) in [6.07, 6.45) is -4.74. The van der Waals surface area contributed by atoms with Crippen molar-refractivity contribution in [2.75, 3.05) is 0 Å². The fourth-order valence-electron chi connectivity index (χ4n) is 1.60. The van der Waals surface area contributed by atoms with E-state index >= 15 is 0 Å². The number of hydrogen-bond donors (Lipinski definition) is 0. The van der Waals surface area contributed by atoms with E-state index in [2.05, 4.69) is 0 Å².